The van der Waals surface area contributed by atoms with Gasteiger partial charge >= 0.3 is 0 Å². The number of nitrogens with zero attached hydrogens (tertiary/aromatic N) is 4. The van der Waals surface area contributed by atoms with E-state index in [1.165, 1.54) is 24.6 Å². The van der Waals surface area contributed by atoms with Crippen LogP contribution in [0.2, 0.25) is 0 Å². The van der Waals surface area contributed by atoms with Gasteiger partial charge in [0.05, 0.1) is 0 Å². The van der Waals surface area contributed by atoms with Crippen LogP contribution >= 0.6 is 11.3 Å². The topological polar surface area (TPSA) is 71.0 Å². The van der Waals surface area contributed by atoms with Crippen molar-refractivity contribution in [2.45, 2.75) is 39.7 Å². The van der Waals surface area contributed by atoms with Gasteiger partial charge in [0.15, 0.2) is 5.13 Å². The first kappa shape index (κ1) is 17.0. The number of anilines is 1. The molecule has 0 saturated carbocycles. The van der Waals surface area contributed by atoms with Gasteiger partial charge in [0.2, 0.25) is 5.91 Å². The summed E-state index contributed by atoms with van der Waals surface area (Å²) in [6, 6.07) is 2.02. The molecule has 2 aromatic rings. The number of aromatic nitrogens is 3. The molecule has 1 aliphatic heterocycles. The predicted octanol–water partition coefficient (Wildman–Crippen LogP) is 2.65. The fourth-order valence-corrected chi connectivity index (χ4v) is 4.09. The fourth-order valence-electron chi connectivity index (χ4n) is 3.19. The first-order chi connectivity index (χ1) is 11.6. The molecule has 128 valence electrons. The Labute approximate surface area is 146 Å². The first-order valence-electron chi connectivity index (χ1n) is 8.31. The van der Waals surface area contributed by atoms with Crippen LogP contribution in [0.25, 0.3) is 0 Å². The SMILES string of the molecule is CC(=O)Nc1ncc(CN2CCC[C@H](Cc3ccnc(C)n3)C2)s1. The van der Waals surface area contributed by atoms with Crippen molar-refractivity contribution in [3.8, 4) is 0 Å². The minimum atomic E-state index is -0.0749. The molecule has 24 heavy (non-hydrogen) atoms. The second-order valence-electron chi connectivity index (χ2n) is 6.36. The van der Waals surface area contributed by atoms with Crippen LogP contribution in [0, 0.1) is 12.8 Å². The zero-order chi connectivity index (χ0) is 16.9. The Morgan fingerprint density at radius 3 is 3.12 bits per heavy atom. The summed E-state index contributed by atoms with van der Waals surface area (Å²) in [6.45, 7) is 6.54. The summed E-state index contributed by atoms with van der Waals surface area (Å²) in [5.41, 5.74) is 1.14. The van der Waals surface area contributed by atoms with E-state index in [-0.39, 0.29) is 5.91 Å². The quantitative estimate of drug-likeness (QED) is 0.902. The van der Waals surface area contributed by atoms with Crippen LogP contribution in [0.3, 0.4) is 0 Å². The van der Waals surface area contributed by atoms with Gasteiger partial charge in [-0.05, 0) is 44.7 Å². The van der Waals surface area contributed by atoms with Gasteiger partial charge in [-0.25, -0.2) is 15.0 Å². The van der Waals surface area contributed by atoms with Crippen molar-refractivity contribution in [3.63, 3.8) is 0 Å². The molecular formula is C17H23N5OS. The van der Waals surface area contributed by atoms with E-state index in [9.17, 15) is 4.79 Å². The Bertz CT molecular complexity index is 702. The van der Waals surface area contributed by atoms with Crippen molar-refractivity contribution in [2.24, 2.45) is 5.92 Å². The van der Waals surface area contributed by atoms with Crippen molar-refractivity contribution in [1.82, 2.24) is 19.9 Å². The maximum absolute atomic E-state index is 11.1. The number of carbonyl (C=O) groups excluding carboxylic acids is 1. The highest BCUT2D eigenvalue weighted by molar-refractivity contribution is 7.15. The lowest BCUT2D eigenvalue weighted by atomic mass is 9.93. The molecule has 0 aromatic carbocycles. The zero-order valence-electron chi connectivity index (χ0n) is 14.2. The molecule has 1 aliphatic rings. The van der Waals surface area contributed by atoms with E-state index >= 15 is 0 Å². The Hall–Kier alpha value is -1.86. The molecule has 7 heteroatoms. The van der Waals surface area contributed by atoms with Gasteiger partial charge in [-0.3, -0.25) is 9.69 Å². The maximum atomic E-state index is 11.1. The number of nitrogens with one attached hydrogen (secondary N) is 1. The lowest BCUT2D eigenvalue weighted by Gasteiger charge is -2.32. The van der Waals surface area contributed by atoms with E-state index in [1.54, 1.807) is 11.3 Å². The number of likely N-dealkylation sites (tertiary alicyclic amines) is 1. The van der Waals surface area contributed by atoms with Gasteiger partial charge < -0.3 is 5.32 Å². The average Bonchev–Trinajstić information content (AvgIpc) is 2.94. The van der Waals surface area contributed by atoms with Gasteiger partial charge in [-0.2, -0.15) is 0 Å². The minimum absolute atomic E-state index is 0.0749. The van der Waals surface area contributed by atoms with Crippen LogP contribution in [0.4, 0.5) is 5.13 Å². The van der Waals surface area contributed by atoms with Crippen molar-refractivity contribution in [3.05, 3.63) is 34.9 Å². The second kappa shape index (κ2) is 7.81. The van der Waals surface area contributed by atoms with E-state index in [1.807, 2.05) is 25.4 Å². The molecule has 0 aliphatic carbocycles. The van der Waals surface area contributed by atoms with Crippen molar-refractivity contribution in [1.29, 1.82) is 0 Å². The molecule has 1 amide bonds. The summed E-state index contributed by atoms with van der Waals surface area (Å²) < 4.78 is 0. The predicted molar refractivity (Wildman–Crippen MR) is 94.9 cm³/mol. The lowest BCUT2D eigenvalue weighted by Crippen LogP contribution is -2.35. The number of rotatable bonds is 5. The summed E-state index contributed by atoms with van der Waals surface area (Å²) in [7, 11) is 0. The van der Waals surface area contributed by atoms with E-state index < -0.39 is 0 Å². The molecule has 6 nitrogen and oxygen atoms in total. The van der Waals surface area contributed by atoms with Crippen molar-refractivity contribution < 1.29 is 4.79 Å². The maximum Gasteiger partial charge on any atom is 0.223 e. The van der Waals surface area contributed by atoms with Gasteiger partial charge in [0, 0.05) is 43.0 Å². The Morgan fingerprint density at radius 1 is 1.46 bits per heavy atom. The zero-order valence-corrected chi connectivity index (χ0v) is 15.0. The molecule has 0 bridgehead atoms. The van der Waals surface area contributed by atoms with Crippen LogP contribution in [-0.2, 0) is 17.8 Å². The summed E-state index contributed by atoms with van der Waals surface area (Å²) in [5, 5.41) is 3.43. The molecule has 3 heterocycles. The molecule has 0 spiro atoms. The number of hydrogen-bond donors (Lipinski definition) is 1. The highest BCUT2D eigenvalue weighted by Crippen LogP contribution is 2.24. The first-order valence-corrected chi connectivity index (χ1v) is 9.13. The van der Waals surface area contributed by atoms with Crippen LogP contribution in [0.5, 0.6) is 0 Å². The molecule has 1 fully saturated rings. The molecule has 1 N–H and O–H groups in total. The Kier molecular flexibility index (Phi) is 5.52. The molecular weight excluding hydrogens is 322 g/mol. The van der Waals surface area contributed by atoms with Gasteiger partial charge in [-0.15, -0.1) is 11.3 Å². The molecule has 2 aromatic heterocycles. The number of amides is 1. The van der Waals surface area contributed by atoms with Crippen molar-refractivity contribution >= 4 is 22.4 Å². The normalized spacial score (nSPS) is 18.5. The van der Waals surface area contributed by atoms with Crippen LogP contribution in [0.1, 0.15) is 36.2 Å². The highest BCUT2D eigenvalue weighted by atomic mass is 32.1. The summed E-state index contributed by atoms with van der Waals surface area (Å²) in [5.74, 6) is 1.40. The Morgan fingerprint density at radius 2 is 2.33 bits per heavy atom. The third-order valence-electron chi connectivity index (χ3n) is 4.15. The smallest absolute Gasteiger partial charge is 0.223 e. The fraction of sp³-hybridized carbons (Fsp3) is 0.529. The molecule has 1 saturated heterocycles. The molecule has 0 unspecified atom stereocenters. The van der Waals surface area contributed by atoms with Gasteiger partial charge in [0.25, 0.3) is 0 Å². The average molecular weight is 345 g/mol. The van der Waals surface area contributed by atoms with Crippen LogP contribution in [0.15, 0.2) is 18.5 Å². The van der Waals surface area contributed by atoms with E-state index in [0.29, 0.717) is 11.0 Å². The number of aryl methyl sites for hydroxylation is 1. The number of thiazole rings is 1. The minimum Gasteiger partial charge on any atom is -0.302 e. The van der Waals surface area contributed by atoms with E-state index in [4.69, 9.17) is 0 Å². The monoisotopic (exact) mass is 345 g/mol. The van der Waals surface area contributed by atoms with E-state index in [2.05, 4.69) is 25.2 Å². The van der Waals surface area contributed by atoms with Crippen LogP contribution in [-0.4, -0.2) is 38.8 Å². The van der Waals surface area contributed by atoms with E-state index in [0.717, 1.165) is 37.6 Å². The Balaban J connectivity index is 1.55. The van der Waals surface area contributed by atoms with Gasteiger partial charge in [0.1, 0.15) is 5.82 Å². The lowest BCUT2D eigenvalue weighted by molar-refractivity contribution is -0.114. The highest BCUT2D eigenvalue weighted by Gasteiger charge is 2.21. The number of piperidine rings is 1. The number of hydrogen-bond acceptors (Lipinski definition) is 6. The third kappa shape index (κ3) is 4.82. The summed E-state index contributed by atoms with van der Waals surface area (Å²) in [4.78, 5) is 27.7. The standard InChI is InChI=1S/C17H23N5OS/c1-12-18-6-5-15(20-12)8-14-4-3-7-22(10-14)11-16-9-19-17(24-16)21-13(2)23/h5-6,9,14H,3-4,7-8,10-11H2,1-2H3,(H,19,21,23)/t14-/m1/s1. The molecule has 0 radical (unpaired) electrons. The molecule has 3 rings (SSSR count). The molecule has 1 atom stereocenters. The summed E-state index contributed by atoms with van der Waals surface area (Å²) in [6.07, 6.45) is 7.19. The second-order valence-corrected chi connectivity index (χ2v) is 7.47. The van der Waals surface area contributed by atoms with Crippen LogP contribution < -0.4 is 5.32 Å². The van der Waals surface area contributed by atoms with Crippen molar-refractivity contribution in [2.75, 3.05) is 18.4 Å². The summed E-state index contributed by atoms with van der Waals surface area (Å²) >= 11 is 1.56. The number of carbonyl (C=O) groups is 1. The largest absolute Gasteiger partial charge is 0.302 e. The van der Waals surface area contributed by atoms with Gasteiger partial charge in [-0.1, -0.05) is 0 Å². The third-order valence-corrected chi connectivity index (χ3v) is 5.05.